The quantitative estimate of drug-likeness (QED) is 0.716. The Labute approximate surface area is 153 Å². The van der Waals surface area contributed by atoms with Crippen molar-refractivity contribution in [1.82, 2.24) is 5.32 Å². The number of ether oxygens (including phenoxy) is 1. The second-order valence-electron chi connectivity index (χ2n) is 7.11. The van der Waals surface area contributed by atoms with Gasteiger partial charge in [-0.15, -0.1) is 0 Å². The average molecular weight is 355 g/mol. The Hall–Kier alpha value is -3.02. The van der Waals surface area contributed by atoms with Gasteiger partial charge in [0.2, 0.25) is 5.91 Å². The molecule has 0 saturated carbocycles. The number of primary amides is 1. The van der Waals surface area contributed by atoms with Gasteiger partial charge in [-0.25, -0.2) is 4.79 Å². The number of hydrogen-bond donors (Lipinski definition) is 3. The number of nitrogens with two attached hydrogens (primary N) is 1. The van der Waals surface area contributed by atoms with Crippen molar-refractivity contribution < 1.29 is 14.3 Å². The van der Waals surface area contributed by atoms with E-state index in [2.05, 4.69) is 37.5 Å². The van der Waals surface area contributed by atoms with E-state index >= 15 is 0 Å². The lowest BCUT2D eigenvalue weighted by molar-refractivity contribution is 0.100. The zero-order valence-corrected chi connectivity index (χ0v) is 15.6. The van der Waals surface area contributed by atoms with Crippen LogP contribution in [0, 0.1) is 6.92 Å². The second-order valence-corrected chi connectivity index (χ2v) is 7.11. The Bertz CT molecular complexity index is 793. The summed E-state index contributed by atoms with van der Waals surface area (Å²) in [7, 11) is 0. The summed E-state index contributed by atoms with van der Waals surface area (Å²) in [5.74, 6) is 0.233. The molecule has 2 aromatic rings. The lowest BCUT2D eigenvalue weighted by Crippen LogP contribution is -2.32. The van der Waals surface area contributed by atoms with E-state index in [1.54, 1.807) is 24.3 Å². The highest BCUT2D eigenvalue weighted by atomic mass is 16.5. The van der Waals surface area contributed by atoms with Crippen molar-refractivity contribution in [2.75, 3.05) is 12.0 Å². The van der Waals surface area contributed by atoms with E-state index in [0.717, 1.165) is 16.9 Å². The van der Waals surface area contributed by atoms with Crippen molar-refractivity contribution in [3.8, 4) is 5.75 Å². The predicted molar refractivity (Wildman–Crippen MR) is 102 cm³/mol. The molecule has 138 valence electrons. The second kappa shape index (κ2) is 7.91. The number of nitrogens with one attached hydrogen (secondary N) is 2. The first-order valence-corrected chi connectivity index (χ1v) is 8.35. The van der Waals surface area contributed by atoms with Gasteiger partial charge in [0.15, 0.2) is 6.73 Å². The van der Waals surface area contributed by atoms with Crippen molar-refractivity contribution in [3.05, 3.63) is 59.2 Å². The maximum absolute atomic E-state index is 12.0. The first-order valence-electron chi connectivity index (χ1n) is 8.35. The van der Waals surface area contributed by atoms with E-state index in [-0.39, 0.29) is 12.1 Å². The molecule has 0 spiro atoms. The number of aryl methyl sites for hydroxylation is 1. The minimum atomic E-state index is -0.512. The maximum Gasteiger partial charge on any atom is 0.321 e. The van der Waals surface area contributed by atoms with E-state index in [1.807, 2.05) is 19.1 Å². The minimum absolute atomic E-state index is 0.0390. The molecule has 0 radical (unpaired) electrons. The highest BCUT2D eigenvalue weighted by Crippen LogP contribution is 2.31. The summed E-state index contributed by atoms with van der Waals surface area (Å²) in [4.78, 5) is 23.0. The molecule has 2 aromatic carbocycles. The van der Waals surface area contributed by atoms with Gasteiger partial charge < -0.3 is 21.1 Å². The van der Waals surface area contributed by atoms with E-state index < -0.39 is 11.9 Å². The van der Waals surface area contributed by atoms with Crippen molar-refractivity contribution in [2.24, 2.45) is 5.73 Å². The summed E-state index contributed by atoms with van der Waals surface area (Å²) in [6.07, 6.45) is 0. The van der Waals surface area contributed by atoms with Crippen molar-refractivity contribution in [3.63, 3.8) is 0 Å². The fourth-order valence-electron chi connectivity index (χ4n) is 2.43. The molecule has 0 heterocycles. The van der Waals surface area contributed by atoms with Crippen LogP contribution >= 0.6 is 0 Å². The van der Waals surface area contributed by atoms with E-state index in [1.165, 1.54) is 0 Å². The summed E-state index contributed by atoms with van der Waals surface area (Å²) in [5.41, 5.74) is 8.30. The molecule has 6 nitrogen and oxygen atoms in total. The third-order valence-electron chi connectivity index (χ3n) is 3.83. The monoisotopic (exact) mass is 355 g/mol. The molecule has 0 saturated heterocycles. The molecule has 0 atom stereocenters. The highest BCUT2D eigenvalue weighted by Gasteiger charge is 2.19. The smallest absolute Gasteiger partial charge is 0.321 e. The Kier molecular flexibility index (Phi) is 5.87. The molecule has 26 heavy (non-hydrogen) atoms. The number of carbonyl (C=O) groups is 2. The molecule has 0 bridgehead atoms. The number of amides is 3. The first kappa shape index (κ1) is 19.3. The molecule has 0 unspecified atom stereocenters. The standard InChI is InChI=1S/C20H25N3O3/c1-13-5-10-17(16(11-13)20(2,3)4)26-12-22-19(25)23-15-8-6-14(7-9-15)18(21)24/h5-11H,12H2,1-4H3,(H2,21,24)(H2,22,23,25). The lowest BCUT2D eigenvalue weighted by Gasteiger charge is -2.23. The number of rotatable bonds is 5. The molecule has 2 rings (SSSR count). The van der Waals surface area contributed by atoms with Gasteiger partial charge in [-0.3, -0.25) is 4.79 Å². The van der Waals surface area contributed by atoms with Gasteiger partial charge >= 0.3 is 6.03 Å². The number of urea groups is 1. The Morgan fingerprint density at radius 1 is 1.08 bits per heavy atom. The highest BCUT2D eigenvalue weighted by molar-refractivity contribution is 5.94. The van der Waals surface area contributed by atoms with Crippen LogP contribution in [-0.4, -0.2) is 18.7 Å². The summed E-state index contributed by atoms with van der Waals surface area (Å²) in [6, 6.07) is 11.9. The van der Waals surface area contributed by atoms with E-state index in [4.69, 9.17) is 10.5 Å². The average Bonchev–Trinajstić information content (AvgIpc) is 2.55. The molecular formula is C20H25N3O3. The van der Waals surface area contributed by atoms with Crippen LogP contribution in [0.25, 0.3) is 0 Å². The Balaban J connectivity index is 1.91. The summed E-state index contributed by atoms with van der Waals surface area (Å²) < 4.78 is 5.74. The van der Waals surface area contributed by atoms with Gasteiger partial charge in [0, 0.05) is 11.3 Å². The van der Waals surface area contributed by atoms with Crippen LogP contribution < -0.4 is 21.1 Å². The number of hydrogen-bond acceptors (Lipinski definition) is 3. The number of anilines is 1. The van der Waals surface area contributed by atoms with Crippen LogP contribution in [0.1, 0.15) is 42.3 Å². The van der Waals surface area contributed by atoms with Crippen LogP contribution in [0.3, 0.4) is 0 Å². The summed E-state index contributed by atoms with van der Waals surface area (Å²) in [5, 5.41) is 5.31. The Morgan fingerprint density at radius 2 is 1.73 bits per heavy atom. The van der Waals surface area contributed by atoms with Gasteiger partial charge in [-0.2, -0.15) is 0 Å². The van der Waals surface area contributed by atoms with Crippen molar-refractivity contribution in [1.29, 1.82) is 0 Å². The van der Waals surface area contributed by atoms with Crippen LogP contribution in [-0.2, 0) is 5.41 Å². The molecule has 0 aromatic heterocycles. The van der Waals surface area contributed by atoms with Gasteiger partial charge in [-0.1, -0.05) is 38.5 Å². The molecule has 4 N–H and O–H groups in total. The van der Waals surface area contributed by atoms with E-state index in [9.17, 15) is 9.59 Å². The zero-order valence-electron chi connectivity index (χ0n) is 15.6. The molecule has 6 heteroatoms. The third-order valence-corrected chi connectivity index (χ3v) is 3.83. The van der Waals surface area contributed by atoms with Gasteiger partial charge in [0.25, 0.3) is 0 Å². The van der Waals surface area contributed by atoms with Crippen LogP contribution in [0.5, 0.6) is 5.75 Å². The molecule has 3 amide bonds. The number of benzene rings is 2. The maximum atomic E-state index is 12.0. The number of carbonyl (C=O) groups excluding carboxylic acids is 2. The van der Waals surface area contributed by atoms with Gasteiger partial charge in [0.1, 0.15) is 5.75 Å². The fraction of sp³-hybridized carbons (Fsp3) is 0.300. The van der Waals surface area contributed by atoms with Gasteiger partial charge in [-0.05, 0) is 48.2 Å². The Morgan fingerprint density at radius 3 is 2.31 bits per heavy atom. The molecule has 0 aliphatic heterocycles. The summed E-state index contributed by atoms with van der Waals surface area (Å²) >= 11 is 0. The molecule has 0 aliphatic carbocycles. The zero-order chi connectivity index (χ0) is 19.3. The third kappa shape index (κ3) is 5.24. The van der Waals surface area contributed by atoms with Crippen LogP contribution in [0.2, 0.25) is 0 Å². The van der Waals surface area contributed by atoms with E-state index in [0.29, 0.717) is 11.3 Å². The fourth-order valence-corrected chi connectivity index (χ4v) is 2.43. The van der Waals surface area contributed by atoms with Crippen molar-refractivity contribution >= 4 is 17.6 Å². The van der Waals surface area contributed by atoms with Gasteiger partial charge in [0.05, 0.1) is 0 Å². The van der Waals surface area contributed by atoms with Crippen LogP contribution in [0.4, 0.5) is 10.5 Å². The van der Waals surface area contributed by atoms with Crippen molar-refractivity contribution in [2.45, 2.75) is 33.1 Å². The van der Waals surface area contributed by atoms with Crippen LogP contribution in [0.15, 0.2) is 42.5 Å². The summed E-state index contributed by atoms with van der Waals surface area (Å²) in [6.45, 7) is 8.42. The first-order chi connectivity index (χ1) is 12.2. The predicted octanol–water partition coefficient (Wildman–Crippen LogP) is 3.55. The largest absolute Gasteiger partial charge is 0.473 e. The molecule has 0 fully saturated rings. The topological polar surface area (TPSA) is 93.4 Å². The SMILES string of the molecule is Cc1ccc(OCNC(=O)Nc2ccc(C(N)=O)cc2)c(C(C)(C)C)c1. The molecular weight excluding hydrogens is 330 g/mol. The lowest BCUT2D eigenvalue weighted by atomic mass is 9.85. The normalized spacial score (nSPS) is 10.9. The molecule has 0 aliphatic rings. The minimum Gasteiger partial charge on any atom is -0.473 e.